The van der Waals surface area contributed by atoms with Crippen molar-refractivity contribution in [2.75, 3.05) is 0 Å². The summed E-state index contributed by atoms with van der Waals surface area (Å²) in [5.41, 5.74) is 2.49. The fraction of sp³-hybridized carbons (Fsp3) is 0.0455. The highest BCUT2D eigenvalue weighted by atomic mass is 19.1. The van der Waals surface area contributed by atoms with E-state index in [1.807, 2.05) is 30.3 Å². The third kappa shape index (κ3) is 3.96. The molecule has 6 heteroatoms. The molecule has 0 spiro atoms. The minimum Gasteiger partial charge on any atom is -0.457 e. The van der Waals surface area contributed by atoms with Gasteiger partial charge in [0, 0.05) is 11.1 Å². The van der Waals surface area contributed by atoms with Crippen molar-refractivity contribution < 1.29 is 18.3 Å². The molecule has 4 aromatic rings. The van der Waals surface area contributed by atoms with Gasteiger partial charge in [-0.05, 0) is 54.1 Å². The maximum Gasteiger partial charge on any atom is 0.338 e. The molecular formula is C22H15FN2O3. The standard InChI is InChI=1S/C22H15FN2O3/c23-19-8-4-5-15(13-19)14-27-22(26)18-11-9-17(10-12-18)21-25-24-20(28-21)16-6-2-1-3-7-16/h1-13H,14H2. The number of ether oxygens (including phenoxy) is 1. The Kier molecular flexibility index (Phi) is 4.93. The molecule has 0 bridgehead atoms. The first kappa shape index (κ1) is 17.6. The molecule has 0 N–H and O–H groups in total. The van der Waals surface area contributed by atoms with Crippen LogP contribution in [-0.2, 0) is 11.3 Å². The molecule has 5 nitrogen and oxygen atoms in total. The van der Waals surface area contributed by atoms with E-state index in [1.54, 1.807) is 36.4 Å². The van der Waals surface area contributed by atoms with Crippen LogP contribution >= 0.6 is 0 Å². The largest absolute Gasteiger partial charge is 0.457 e. The van der Waals surface area contributed by atoms with Gasteiger partial charge in [0.15, 0.2) is 0 Å². The van der Waals surface area contributed by atoms with Gasteiger partial charge in [-0.25, -0.2) is 9.18 Å². The molecule has 0 saturated heterocycles. The summed E-state index contributed by atoms with van der Waals surface area (Å²) in [6.07, 6.45) is 0. The van der Waals surface area contributed by atoms with Gasteiger partial charge in [0.25, 0.3) is 0 Å². The molecule has 0 aliphatic heterocycles. The first-order chi connectivity index (χ1) is 13.7. The van der Waals surface area contributed by atoms with E-state index in [4.69, 9.17) is 9.15 Å². The smallest absolute Gasteiger partial charge is 0.338 e. The Hall–Kier alpha value is -3.80. The molecular weight excluding hydrogens is 359 g/mol. The lowest BCUT2D eigenvalue weighted by molar-refractivity contribution is 0.0472. The van der Waals surface area contributed by atoms with Crippen LogP contribution in [0.5, 0.6) is 0 Å². The van der Waals surface area contributed by atoms with Crippen molar-refractivity contribution in [2.45, 2.75) is 6.61 Å². The summed E-state index contributed by atoms with van der Waals surface area (Å²) >= 11 is 0. The van der Waals surface area contributed by atoms with Crippen LogP contribution in [0.15, 0.2) is 83.3 Å². The molecule has 0 unspecified atom stereocenters. The Labute approximate surface area is 160 Å². The van der Waals surface area contributed by atoms with Gasteiger partial charge in [0.1, 0.15) is 12.4 Å². The normalized spacial score (nSPS) is 10.6. The molecule has 3 aromatic carbocycles. The van der Waals surface area contributed by atoms with Crippen LogP contribution in [0.1, 0.15) is 15.9 Å². The van der Waals surface area contributed by atoms with Crippen LogP contribution in [0.4, 0.5) is 4.39 Å². The van der Waals surface area contributed by atoms with E-state index in [-0.39, 0.29) is 12.4 Å². The Bertz CT molecular complexity index is 1090. The van der Waals surface area contributed by atoms with Crippen molar-refractivity contribution in [3.05, 3.63) is 95.8 Å². The Morgan fingerprint density at radius 2 is 1.54 bits per heavy atom. The summed E-state index contributed by atoms with van der Waals surface area (Å²) in [4.78, 5) is 12.2. The highest BCUT2D eigenvalue weighted by Crippen LogP contribution is 2.24. The number of nitrogens with zero attached hydrogens (tertiary/aromatic N) is 2. The predicted octanol–water partition coefficient (Wildman–Crippen LogP) is 4.90. The third-order valence-corrected chi connectivity index (χ3v) is 4.07. The van der Waals surface area contributed by atoms with E-state index in [9.17, 15) is 9.18 Å². The van der Waals surface area contributed by atoms with Crippen molar-refractivity contribution in [1.82, 2.24) is 10.2 Å². The van der Waals surface area contributed by atoms with Crippen molar-refractivity contribution in [1.29, 1.82) is 0 Å². The lowest BCUT2D eigenvalue weighted by Gasteiger charge is -2.05. The van der Waals surface area contributed by atoms with Gasteiger partial charge in [-0.3, -0.25) is 0 Å². The summed E-state index contributed by atoms with van der Waals surface area (Å²) in [5, 5.41) is 8.10. The van der Waals surface area contributed by atoms with E-state index < -0.39 is 5.97 Å². The van der Waals surface area contributed by atoms with Crippen molar-refractivity contribution in [3.63, 3.8) is 0 Å². The number of aromatic nitrogens is 2. The van der Waals surface area contributed by atoms with Crippen molar-refractivity contribution in [2.24, 2.45) is 0 Å². The lowest BCUT2D eigenvalue weighted by Crippen LogP contribution is -2.05. The van der Waals surface area contributed by atoms with Gasteiger partial charge in [-0.2, -0.15) is 0 Å². The number of hydrogen-bond acceptors (Lipinski definition) is 5. The highest BCUT2D eigenvalue weighted by molar-refractivity contribution is 5.89. The summed E-state index contributed by atoms with van der Waals surface area (Å²) in [6, 6.07) is 22.1. The number of esters is 1. The Morgan fingerprint density at radius 1 is 0.857 bits per heavy atom. The number of carbonyl (C=O) groups is 1. The Morgan fingerprint density at radius 3 is 2.21 bits per heavy atom. The molecule has 1 heterocycles. The van der Waals surface area contributed by atoms with Crippen LogP contribution in [0, 0.1) is 5.82 Å². The molecule has 0 aliphatic rings. The zero-order valence-corrected chi connectivity index (χ0v) is 14.7. The van der Waals surface area contributed by atoms with Crippen LogP contribution in [0.3, 0.4) is 0 Å². The molecule has 0 fully saturated rings. The number of halogens is 1. The van der Waals surface area contributed by atoms with Crippen LogP contribution in [0.25, 0.3) is 22.9 Å². The second kappa shape index (κ2) is 7.84. The van der Waals surface area contributed by atoms with Crippen LogP contribution in [0.2, 0.25) is 0 Å². The number of benzene rings is 3. The third-order valence-electron chi connectivity index (χ3n) is 4.07. The second-order valence-corrected chi connectivity index (χ2v) is 6.06. The number of carbonyl (C=O) groups excluding carboxylic acids is 1. The average Bonchev–Trinajstić information content (AvgIpc) is 3.23. The maximum atomic E-state index is 13.2. The van der Waals surface area contributed by atoms with Gasteiger partial charge < -0.3 is 9.15 Å². The van der Waals surface area contributed by atoms with Crippen molar-refractivity contribution >= 4 is 5.97 Å². The van der Waals surface area contributed by atoms with E-state index in [0.717, 1.165) is 5.56 Å². The Balaban J connectivity index is 1.44. The zero-order chi connectivity index (χ0) is 19.3. The lowest BCUT2D eigenvalue weighted by atomic mass is 10.1. The van der Waals surface area contributed by atoms with E-state index in [2.05, 4.69) is 10.2 Å². The number of rotatable bonds is 5. The molecule has 4 rings (SSSR count). The molecule has 0 aliphatic carbocycles. The molecule has 0 radical (unpaired) electrons. The first-order valence-corrected chi connectivity index (χ1v) is 8.60. The average molecular weight is 374 g/mol. The molecule has 0 amide bonds. The van der Waals surface area contributed by atoms with Crippen LogP contribution in [-0.4, -0.2) is 16.2 Å². The first-order valence-electron chi connectivity index (χ1n) is 8.60. The summed E-state index contributed by atoms with van der Waals surface area (Å²) in [5.74, 6) is -0.0774. The van der Waals surface area contributed by atoms with Crippen LogP contribution < -0.4 is 0 Å². The maximum absolute atomic E-state index is 13.2. The highest BCUT2D eigenvalue weighted by Gasteiger charge is 2.12. The fourth-order valence-electron chi connectivity index (χ4n) is 2.65. The van der Waals surface area contributed by atoms with Gasteiger partial charge in [0.05, 0.1) is 5.56 Å². The summed E-state index contributed by atoms with van der Waals surface area (Å²) in [6.45, 7) is 0.00242. The van der Waals surface area contributed by atoms with Gasteiger partial charge >= 0.3 is 5.97 Å². The second-order valence-electron chi connectivity index (χ2n) is 6.06. The fourth-order valence-corrected chi connectivity index (χ4v) is 2.65. The zero-order valence-electron chi connectivity index (χ0n) is 14.7. The molecule has 138 valence electrons. The van der Waals surface area contributed by atoms with Crippen molar-refractivity contribution in [3.8, 4) is 22.9 Å². The van der Waals surface area contributed by atoms with E-state index in [0.29, 0.717) is 28.5 Å². The quantitative estimate of drug-likeness (QED) is 0.465. The molecule has 28 heavy (non-hydrogen) atoms. The molecule has 0 saturated carbocycles. The minimum absolute atomic E-state index is 0.00242. The van der Waals surface area contributed by atoms with Gasteiger partial charge in [-0.15, -0.1) is 10.2 Å². The predicted molar refractivity (Wildman–Crippen MR) is 101 cm³/mol. The van der Waals surface area contributed by atoms with E-state index in [1.165, 1.54) is 12.1 Å². The van der Waals surface area contributed by atoms with Gasteiger partial charge in [-0.1, -0.05) is 30.3 Å². The minimum atomic E-state index is -0.494. The summed E-state index contributed by atoms with van der Waals surface area (Å²) < 4.78 is 24.1. The van der Waals surface area contributed by atoms with Gasteiger partial charge in [0.2, 0.25) is 11.8 Å². The molecule has 1 aromatic heterocycles. The number of hydrogen-bond donors (Lipinski definition) is 0. The SMILES string of the molecule is O=C(OCc1cccc(F)c1)c1ccc(-c2nnc(-c3ccccc3)o2)cc1. The molecule has 0 atom stereocenters. The summed E-state index contributed by atoms with van der Waals surface area (Å²) in [7, 11) is 0. The monoisotopic (exact) mass is 374 g/mol. The topological polar surface area (TPSA) is 65.2 Å². The van der Waals surface area contributed by atoms with E-state index >= 15 is 0 Å².